The highest BCUT2D eigenvalue weighted by molar-refractivity contribution is 5.41. The molecule has 2 bridgehead atoms. The second-order valence-corrected chi connectivity index (χ2v) is 5.24. The van der Waals surface area contributed by atoms with E-state index in [2.05, 4.69) is 0 Å². The molecular weight excluding hydrogens is 152 g/mol. The van der Waals surface area contributed by atoms with Gasteiger partial charge < -0.3 is 9.47 Å². The topological polar surface area (TPSA) is 25.1 Å². The van der Waals surface area contributed by atoms with Gasteiger partial charge in [-0.2, -0.15) is 0 Å². The molecule has 2 heteroatoms. The third-order valence-electron chi connectivity index (χ3n) is 5.20. The fraction of sp³-hybridized carbons (Fsp3) is 1.00. The van der Waals surface area contributed by atoms with Gasteiger partial charge in [-0.05, 0) is 31.1 Å². The Labute approximate surface area is 71.2 Å². The number of rotatable bonds is 0. The van der Waals surface area contributed by atoms with Gasteiger partial charge in [0.25, 0.3) is 0 Å². The molecule has 0 aromatic carbocycles. The SMILES string of the molecule is C1C[C@H]2C[C@H]1[C@]13O[C@@H]1C[C@H]1O[C@@]213. The maximum Gasteiger partial charge on any atom is 0.129 e. The van der Waals surface area contributed by atoms with E-state index < -0.39 is 0 Å². The van der Waals surface area contributed by atoms with Crippen LogP contribution >= 0.6 is 0 Å². The van der Waals surface area contributed by atoms with Gasteiger partial charge in [0.15, 0.2) is 0 Å². The van der Waals surface area contributed by atoms with Crippen molar-refractivity contribution in [2.24, 2.45) is 11.8 Å². The Balaban J connectivity index is 1.81. The van der Waals surface area contributed by atoms with Crippen LogP contribution in [0.1, 0.15) is 25.7 Å². The number of ether oxygens (including phenoxy) is 2. The Morgan fingerprint density at radius 1 is 0.833 bits per heavy atom. The molecule has 5 fully saturated rings. The zero-order chi connectivity index (χ0) is 7.55. The number of hydrogen-bond acceptors (Lipinski definition) is 2. The normalized spacial score (nSPS) is 80.0. The second-order valence-electron chi connectivity index (χ2n) is 5.24. The quantitative estimate of drug-likeness (QED) is 0.501. The lowest BCUT2D eigenvalue weighted by atomic mass is 9.79. The van der Waals surface area contributed by atoms with Crippen LogP contribution in [-0.2, 0) is 9.47 Å². The molecule has 0 unspecified atom stereocenters. The first-order chi connectivity index (χ1) is 5.88. The lowest BCUT2D eigenvalue weighted by Crippen LogP contribution is -2.39. The molecule has 5 aliphatic rings. The lowest BCUT2D eigenvalue weighted by Gasteiger charge is -2.24. The predicted molar refractivity (Wildman–Crippen MR) is 40.7 cm³/mol. The molecule has 6 atom stereocenters. The van der Waals surface area contributed by atoms with Crippen molar-refractivity contribution in [1.29, 1.82) is 0 Å². The number of epoxide rings is 2. The van der Waals surface area contributed by atoms with E-state index in [0.717, 1.165) is 11.8 Å². The molecule has 2 aliphatic heterocycles. The van der Waals surface area contributed by atoms with Crippen molar-refractivity contribution in [2.45, 2.75) is 49.1 Å². The van der Waals surface area contributed by atoms with Gasteiger partial charge >= 0.3 is 0 Å². The second kappa shape index (κ2) is 1.20. The molecule has 12 heavy (non-hydrogen) atoms. The van der Waals surface area contributed by atoms with E-state index in [4.69, 9.17) is 9.47 Å². The molecule has 0 radical (unpaired) electrons. The summed E-state index contributed by atoms with van der Waals surface area (Å²) in [5.41, 5.74) is 0.557. The van der Waals surface area contributed by atoms with Gasteiger partial charge in [-0.1, -0.05) is 0 Å². The number of hydrogen-bond donors (Lipinski definition) is 0. The molecule has 0 amide bonds. The van der Waals surface area contributed by atoms with Crippen molar-refractivity contribution in [3.63, 3.8) is 0 Å². The van der Waals surface area contributed by atoms with Gasteiger partial charge in [0.1, 0.15) is 11.2 Å². The summed E-state index contributed by atoms with van der Waals surface area (Å²) in [6.45, 7) is 0. The highest BCUT2D eigenvalue weighted by atomic mass is 16.7. The van der Waals surface area contributed by atoms with Crippen LogP contribution in [0, 0.1) is 11.8 Å². The van der Waals surface area contributed by atoms with Gasteiger partial charge in [0, 0.05) is 6.42 Å². The van der Waals surface area contributed by atoms with Crippen molar-refractivity contribution in [1.82, 2.24) is 0 Å². The van der Waals surface area contributed by atoms with Crippen LogP contribution in [0.25, 0.3) is 0 Å². The van der Waals surface area contributed by atoms with E-state index in [1.807, 2.05) is 0 Å². The molecular formula is C10H12O2. The highest BCUT2D eigenvalue weighted by Gasteiger charge is 2.93. The Kier molecular flexibility index (Phi) is 0.561. The molecule has 2 saturated heterocycles. The molecule has 0 N–H and O–H groups in total. The van der Waals surface area contributed by atoms with Gasteiger partial charge in [-0.3, -0.25) is 0 Å². The minimum atomic E-state index is 0.278. The van der Waals surface area contributed by atoms with Crippen molar-refractivity contribution in [2.75, 3.05) is 0 Å². The van der Waals surface area contributed by atoms with Crippen LogP contribution in [0.5, 0.6) is 0 Å². The van der Waals surface area contributed by atoms with Crippen LogP contribution in [0.4, 0.5) is 0 Å². The maximum atomic E-state index is 5.92. The van der Waals surface area contributed by atoms with E-state index in [1.165, 1.54) is 25.7 Å². The standard InChI is InChI=1S/C10H12O2/c1-2-6-3-5(1)9-7(11-9)4-8-10(6,9)12-8/h5-8H,1-4H2/t5-,6-,7+,8+,9-,10-/m0/s1. The summed E-state index contributed by atoms with van der Waals surface area (Å²) in [7, 11) is 0. The zero-order valence-corrected chi connectivity index (χ0v) is 6.95. The van der Waals surface area contributed by atoms with Crippen LogP contribution in [0.2, 0.25) is 0 Å². The molecule has 2 nitrogen and oxygen atoms in total. The molecule has 2 spiro atoms. The van der Waals surface area contributed by atoms with E-state index in [0.29, 0.717) is 12.2 Å². The highest BCUT2D eigenvalue weighted by Crippen LogP contribution is 2.80. The van der Waals surface area contributed by atoms with E-state index >= 15 is 0 Å². The van der Waals surface area contributed by atoms with Crippen LogP contribution < -0.4 is 0 Å². The van der Waals surface area contributed by atoms with Crippen LogP contribution in [-0.4, -0.2) is 23.4 Å². The molecule has 5 rings (SSSR count). The summed E-state index contributed by atoms with van der Waals surface area (Å²) in [6, 6.07) is 0. The molecule has 0 aromatic rings. The molecule has 0 aromatic heterocycles. The summed E-state index contributed by atoms with van der Waals surface area (Å²) in [6.07, 6.45) is 6.69. The summed E-state index contributed by atoms with van der Waals surface area (Å²) in [5, 5.41) is 0. The smallest absolute Gasteiger partial charge is 0.129 e. The monoisotopic (exact) mass is 164 g/mol. The summed E-state index contributed by atoms with van der Waals surface area (Å²) < 4.78 is 11.8. The Morgan fingerprint density at radius 2 is 1.42 bits per heavy atom. The van der Waals surface area contributed by atoms with E-state index in [9.17, 15) is 0 Å². The zero-order valence-electron chi connectivity index (χ0n) is 6.95. The first-order valence-corrected chi connectivity index (χ1v) is 5.23. The summed E-state index contributed by atoms with van der Waals surface area (Å²) in [4.78, 5) is 0. The minimum Gasteiger partial charge on any atom is -0.362 e. The van der Waals surface area contributed by atoms with E-state index in [-0.39, 0.29) is 11.2 Å². The van der Waals surface area contributed by atoms with E-state index in [1.54, 1.807) is 0 Å². The van der Waals surface area contributed by atoms with Crippen LogP contribution in [0.3, 0.4) is 0 Å². The number of fused-ring (bicyclic) bond motifs is 2. The average molecular weight is 164 g/mol. The predicted octanol–water partition coefficient (Wildman–Crippen LogP) is 1.10. The Morgan fingerprint density at radius 3 is 2.00 bits per heavy atom. The average Bonchev–Trinajstić information content (AvgIpc) is 2.84. The summed E-state index contributed by atoms with van der Waals surface area (Å²) in [5.74, 6) is 1.75. The summed E-state index contributed by atoms with van der Waals surface area (Å²) >= 11 is 0. The van der Waals surface area contributed by atoms with Crippen LogP contribution in [0.15, 0.2) is 0 Å². The Bertz CT molecular complexity index is 274. The van der Waals surface area contributed by atoms with Gasteiger partial charge in [0.2, 0.25) is 0 Å². The molecule has 64 valence electrons. The van der Waals surface area contributed by atoms with Gasteiger partial charge in [-0.15, -0.1) is 0 Å². The van der Waals surface area contributed by atoms with Crippen molar-refractivity contribution >= 4 is 0 Å². The van der Waals surface area contributed by atoms with Crippen molar-refractivity contribution < 1.29 is 9.47 Å². The molecule has 3 saturated carbocycles. The molecule has 3 aliphatic carbocycles. The largest absolute Gasteiger partial charge is 0.362 e. The minimum absolute atomic E-state index is 0.278. The molecule has 2 heterocycles. The van der Waals surface area contributed by atoms with Gasteiger partial charge in [-0.25, -0.2) is 0 Å². The first kappa shape index (κ1) is 5.61. The third kappa shape index (κ3) is 0.293. The first-order valence-electron chi connectivity index (χ1n) is 5.23. The lowest BCUT2D eigenvalue weighted by molar-refractivity contribution is 0.100. The van der Waals surface area contributed by atoms with Crippen molar-refractivity contribution in [3.05, 3.63) is 0 Å². The third-order valence-corrected chi connectivity index (χ3v) is 5.20. The van der Waals surface area contributed by atoms with Crippen molar-refractivity contribution in [3.8, 4) is 0 Å². The maximum absolute atomic E-state index is 5.92. The fourth-order valence-electron chi connectivity index (χ4n) is 4.85. The fourth-order valence-corrected chi connectivity index (χ4v) is 4.85. The Hall–Kier alpha value is -0.0800. The van der Waals surface area contributed by atoms with Gasteiger partial charge in [0.05, 0.1) is 12.2 Å².